The highest BCUT2D eigenvalue weighted by molar-refractivity contribution is 4.87. The fourth-order valence-electron chi connectivity index (χ4n) is 1.01. The number of ether oxygens (including phenoxy) is 1. The molecule has 0 amide bonds. The second kappa shape index (κ2) is 2.23. The number of alkyl halides is 1. The second-order valence-corrected chi connectivity index (χ2v) is 2.73. The lowest BCUT2D eigenvalue weighted by Crippen LogP contribution is -2.33. The lowest BCUT2D eigenvalue weighted by Gasteiger charge is -2.17. The Bertz CT molecular complexity index is 105. The average molecular weight is 133 g/mol. The van der Waals surface area contributed by atoms with Crippen LogP contribution in [0.15, 0.2) is 0 Å². The van der Waals surface area contributed by atoms with Crippen LogP contribution in [0.5, 0.6) is 0 Å². The molecule has 0 aliphatic carbocycles. The average Bonchev–Trinajstić information content (AvgIpc) is 2.08. The largest absolute Gasteiger partial charge is 0.378 e. The molecule has 1 fully saturated rings. The van der Waals surface area contributed by atoms with Gasteiger partial charge in [-0.1, -0.05) is 0 Å². The van der Waals surface area contributed by atoms with E-state index >= 15 is 0 Å². The lowest BCUT2D eigenvalue weighted by atomic mass is 9.95. The van der Waals surface area contributed by atoms with Crippen LogP contribution in [0, 0.1) is 5.92 Å². The Balaban J connectivity index is 2.52. The smallest absolute Gasteiger partial charge is 0.137 e. The van der Waals surface area contributed by atoms with Gasteiger partial charge < -0.3 is 10.5 Å². The fraction of sp³-hybridized carbons (Fsp3) is 1.00. The molecule has 1 aliphatic rings. The van der Waals surface area contributed by atoms with Gasteiger partial charge in [0.15, 0.2) is 0 Å². The van der Waals surface area contributed by atoms with Crippen molar-refractivity contribution in [3.8, 4) is 0 Å². The molecule has 2 N–H and O–H groups in total. The number of hydrogen-bond donors (Lipinski definition) is 1. The van der Waals surface area contributed by atoms with E-state index in [2.05, 4.69) is 0 Å². The first-order valence-corrected chi connectivity index (χ1v) is 3.13. The van der Waals surface area contributed by atoms with E-state index in [-0.39, 0.29) is 12.5 Å². The Morgan fingerprint density at radius 1 is 1.89 bits per heavy atom. The molecule has 1 rings (SSSR count). The molecule has 0 aromatic rings. The zero-order valence-electron chi connectivity index (χ0n) is 5.56. The molecule has 0 aromatic heterocycles. The maximum absolute atomic E-state index is 13.1. The Hall–Kier alpha value is -0.150. The van der Waals surface area contributed by atoms with Crippen LogP contribution in [-0.2, 0) is 4.74 Å². The third-order valence-corrected chi connectivity index (χ3v) is 1.84. The Morgan fingerprint density at radius 3 is 2.78 bits per heavy atom. The second-order valence-electron chi connectivity index (χ2n) is 2.73. The minimum Gasteiger partial charge on any atom is -0.378 e. The van der Waals surface area contributed by atoms with Gasteiger partial charge in [0, 0.05) is 12.5 Å². The highest BCUT2D eigenvalue weighted by atomic mass is 19.1. The van der Waals surface area contributed by atoms with Gasteiger partial charge in [0.2, 0.25) is 0 Å². The minimum atomic E-state index is -1.19. The third-order valence-electron chi connectivity index (χ3n) is 1.84. The van der Waals surface area contributed by atoms with Gasteiger partial charge in [-0.2, -0.15) is 0 Å². The quantitative estimate of drug-likeness (QED) is 0.559. The SMILES string of the molecule is CC1(F)COCC1CN. The summed E-state index contributed by atoms with van der Waals surface area (Å²) in [5.74, 6) is -0.0995. The summed E-state index contributed by atoms with van der Waals surface area (Å²) in [5, 5.41) is 0. The molecule has 0 radical (unpaired) electrons. The molecular formula is C6H12FNO. The molecule has 2 nitrogen and oxygen atoms in total. The van der Waals surface area contributed by atoms with Crippen LogP contribution in [0.25, 0.3) is 0 Å². The van der Waals surface area contributed by atoms with Crippen LogP contribution in [-0.4, -0.2) is 25.4 Å². The van der Waals surface area contributed by atoms with Crippen molar-refractivity contribution in [1.29, 1.82) is 0 Å². The van der Waals surface area contributed by atoms with E-state index in [0.29, 0.717) is 13.2 Å². The van der Waals surface area contributed by atoms with Crippen molar-refractivity contribution in [3.05, 3.63) is 0 Å². The summed E-state index contributed by atoms with van der Waals surface area (Å²) in [6, 6.07) is 0. The summed E-state index contributed by atoms with van der Waals surface area (Å²) >= 11 is 0. The van der Waals surface area contributed by atoms with E-state index in [1.165, 1.54) is 6.92 Å². The zero-order chi connectivity index (χ0) is 6.91. The van der Waals surface area contributed by atoms with Gasteiger partial charge >= 0.3 is 0 Å². The molecule has 54 valence electrons. The highest BCUT2D eigenvalue weighted by Gasteiger charge is 2.38. The predicted molar refractivity (Wildman–Crippen MR) is 32.9 cm³/mol. The predicted octanol–water partition coefficient (Wildman–Crippen LogP) is 0.320. The first-order valence-electron chi connectivity index (χ1n) is 3.13. The van der Waals surface area contributed by atoms with Gasteiger partial charge in [0.1, 0.15) is 5.67 Å². The molecule has 2 unspecified atom stereocenters. The number of halogens is 1. The van der Waals surface area contributed by atoms with Gasteiger partial charge in [0.25, 0.3) is 0 Å². The van der Waals surface area contributed by atoms with Gasteiger partial charge in [0.05, 0.1) is 13.2 Å². The molecule has 1 saturated heterocycles. The summed E-state index contributed by atoms with van der Waals surface area (Å²) < 4.78 is 18.0. The Labute approximate surface area is 54.2 Å². The monoisotopic (exact) mass is 133 g/mol. The summed E-state index contributed by atoms with van der Waals surface area (Å²) in [4.78, 5) is 0. The Morgan fingerprint density at radius 2 is 2.56 bits per heavy atom. The van der Waals surface area contributed by atoms with Gasteiger partial charge in [-0.05, 0) is 6.92 Å². The number of rotatable bonds is 1. The van der Waals surface area contributed by atoms with Gasteiger partial charge in [-0.3, -0.25) is 0 Å². The van der Waals surface area contributed by atoms with Crippen molar-refractivity contribution in [2.75, 3.05) is 19.8 Å². The topological polar surface area (TPSA) is 35.2 Å². The standard InChI is InChI=1S/C6H12FNO/c1-6(7)4-9-3-5(6)2-8/h5H,2-4,8H2,1H3. The molecule has 0 saturated carbocycles. The van der Waals surface area contributed by atoms with Crippen LogP contribution in [0.4, 0.5) is 4.39 Å². The molecule has 0 aromatic carbocycles. The van der Waals surface area contributed by atoms with E-state index < -0.39 is 5.67 Å². The summed E-state index contributed by atoms with van der Waals surface area (Å²) in [5.41, 5.74) is 4.10. The van der Waals surface area contributed by atoms with Crippen LogP contribution >= 0.6 is 0 Å². The summed E-state index contributed by atoms with van der Waals surface area (Å²) in [7, 11) is 0. The van der Waals surface area contributed by atoms with Crippen LogP contribution in [0.2, 0.25) is 0 Å². The molecule has 0 bridgehead atoms. The maximum Gasteiger partial charge on any atom is 0.137 e. The van der Waals surface area contributed by atoms with Crippen molar-refractivity contribution in [2.24, 2.45) is 11.7 Å². The molecule has 9 heavy (non-hydrogen) atoms. The molecule has 1 aliphatic heterocycles. The van der Waals surface area contributed by atoms with Gasteiger partial charge in [-0.15, -0.1) is 0 Å². The molecule has 2 atom stereocenters. The first-order chi connectivity index (χ1) is 4.17. The zero-order valence-corrected chi connectivity index (χ0v) is 5.56. The molecular weight excluding hydrogens is 121 g/mol. The van der Waals surface area contributed by atoms with Crippen molar-refractivity contribution < 1.29 is 9.13 Å². The minimum absolute atomic E-state index is 0.0995. The van der Waals surface area contributed by atoms with Crippen molar-refractivity contribution in [3.63, 3.8) is 0 Å². The van der Waals surface area contributed by atoms with Gasteiger partial charge in [-0.25, -0.2) is 4.39 Å². The van der Waals surface area contributed by atoms with Crippen molar-refractivity contribution in [1.82, 2.24) is 0 Å². The van der Waals surface area contributed by atoms with E-state index in [9.17, 15) is 4.39 Å². The third kappa shape index (κ3) is 1.22. The highest BCUT2D eigenvalue weighted by Crippen LogP contribution is 2.27. The summed E-state index contributed by atoms with van der Waals surface area (Å²) in [6.07, 6.45) is 0. The van der Waals surface area contributed by atoms with Crippen LogP contribution in [0.3, 0.4) is 0 Å². The fourth-order valence-corrected chi connectivity index (χ4v) is 1.01. The van der Waals surface area contributed by atoms with Crippen LogP contribution in [0.1, 0.15) is 6.92 Å². The number of hydrogen-bond acceptors (Lipinski definition) is 2. The van der Waals surface area contributed by atoms with E-state index in [0.717, 1.165) is 0 Å². The van der Waals surface area contributed by atoms with Crippen molar-refractivity contribution in [2.45, 2.75) is 12.6 Å². The first kappa shape index (κ1) is 6.96. The molecule has 3 heteroatoms. The Kier molecular flexibility index (Phi) is 1.73. The van der Waals surface area contributed by atoms with E-state index in [1.807, 2.05) is 0 Å². The van der Waals surface area contributed by atoms with E-state index in [4.69, 9.17) is 10.5 Å². The number of nitrogens with two attached hydrogens (primary N) is 1. The van der Waals surface area contributed by atoms with Crippen molar-refractivity contribution >= 4 is 0 Å². The summed E-state index contributed by atoms with van der Waals surface area (Å²) in [6.45, 7) is 2.60. The normalized spacial score (nSPS) is 43.7. The lowest BCUT2D eigenvalue weighted by molar-refractivity contribution is 0.117. The maximum atomic E-state index is 13.1. The van der Waals surface area contributed by atoms with E-state index in [1.54, 1.807) is 0 Å². The molecule has 1 heterocycles. The van der Waals surface area contributed by atoms with Crippen LogP contribution < -0.4 is 5.73 Å². The molecule has 0 spiro atoms.